The molecule has 112 valence electrons. The molecule has 0 aromatic rings. The molecule has 19 heavy (non-hydrogen) atoms. The maximum Gasteiger partial charge on any atom is 0.152 e. The Hall–Kier alpha value is -0.340. The Labute approximate surface area is 119 Å². The van der Waals surface area contributed by atoms with E-state index in [0.29, 0.717) is 17.3 Å². The van der Waals surface area contributed by atoms with Crippen LogP contribution in [0.4, 0.5) is 0 Å². The quantitative estimate of drug-likeness (QED) is 0.592. The maximum absolute atomic E-state index is 9.34. The normalized spacial score (nSPS) is 31.2. The fourth-order valence-electron chi connectivity index (χ4n) is 3.23. The van der Waals surface area contributed by atoms with Gasteiger partial charge in [-0.1, -0.05) is 53.2 Å². The number of rotatable bonds is 5. The van der Waals surface area contributed by atoms with E-state index in [9.17, 15) is 5.11 Å². The zero-order chi connectivity index (χ0) is 14.6. The first-order valence-electron chi connectivity index (χ1n) is 7.74. The number of hydrogen-bond donors (Lipinski definition) is 1. The summed E-state index contributed by atoms with van der Waals surface area (Å²) in [6, 6.07) is 0. The van der Waals surface area contributed by atoms with Gasteiger partial charge in [0, 0.05) is 0 Å². The zero-order valence-electron chi connectivity index (χ0n) is 13.5. The summed E-state index contributed by atoms with van der Waals surface area (Å²) in [7, 11) is 0. The molecule has 2 nitrogen and oxygen atoms in total. The Kier molecular flexibility index (Phi) is 6.07. The summed E-state index contributed by atoms with van der Waals surface area (Å²) >= 11 is 0. The second-order valence-electron chi connectivity index (χ2n) is 7.39. The molecule has 5 atom stereocenters. The van der Waals surface area contributed by atoms with E-state index in [4.69, 9.17) is 4.74 Å². The van der Waals surface area contributed by atoms with Crippen LogP contribution < -0.4 is 0 Å². The van der Waals surface area contributed by atoms with Crippen LogP contribution in [0.15, 0.2) is 12.2 Å². The van der Waals surface area contributed by atoms with Crippen molar-refractivity contribution in [1.29, 1.82) is 0 Å². The molecule has 1 rings (SSSR count). The van der Waals surface area contributed by atoms with Crippen molar-refractivity contribution in [3.05, 3.63) is 12.2 Å². The van der Waals surface area contributed by atoms with Gasteiger partial charge in [0.25, 0.3) is 0 Å². The van der Waals surface area contributed by atoms with Gasteiger partial charge in [-0.05, 0) is 42.9 Å². The fourth-order valence-corrected chi connectivity index (χ4v) is 3.23. The van der Waals surface area contributed by atoms with Crippen LogP contribution in [0.1, 0.15) is 60.8 Å². The van der Waals surface area contributed by atoms with E-state index in [0.717, 1.165) is 5.92 Å². The molecule has 0 aromatic carbocycles. The third kappa shape index (κ3) is 5.66. The Morgan fingerprint density at radius 3 is 2.37 bits per heavy atom. The van der Waals surface area contributed by atoms with Crippen LogP contribution in [-0.4, -0.2) is 17.5 Å². The van der Waals surface area contributed by atoms with Gasteiger partial charge in [-0.25, -0.2) is 0 Å². The third-order valence-electron chi connectivity index (χ3n) is 4.11. The highest BCUT2D eigenvalue weighted by Crippen LogP contribution is 2.38. The lowest BCUT2D eigenvalue weighted by Crippen LogP contribution is -2.32. The maximum atomic E-state index is 9.34. The molecule has 1 N–H and O–H groups in total. The van der Waals surface area contributed by atoms with Gasteiger partial charge in [0.15, 0.2) is 6.29 Å². The standard InChI is InChI=1S/C17H32O2/c1-7-14(11-17(4,5)6)15-8-9-16(12(2)10-15)19-13(3)18/h8-9,12-16,18H,7,10-11H2,1-6H3. The largest absolute Gasteiger partial charge is 0.368 e. The van der Waals surface area contributed by atoms with Crippen LogP contribution >= 0.6 is 0 Å². The molecule has 0 bridgehead atoms. The molecule has 0 radical (unpaired) electrons. The van der Waals surface area contributed by atoms with Crippen LogP contribution in [0.2, 0.25) is 0 Å². The van der Waals surface area contributed by atoms with Crippen molar-refractivity contribution in [2.24, 2.45) is 23.2 Å². The minimum absolute atomic E-state index is 0.0726. The SMILES string of the molecule is CCC(CC(C)(C)C)C1C=CC(OC(C)O)C(C)C1. The molecule has 0 aliphatic heterocycles. The van der Waals surface area contributed by atoms with Gasteiger partial charge in [0.05, 0.1) is 6.10 Å². The van der Waals surface area contributed by atoms with Gasteiger partial charge in [0.1, 0.15) is 0 Å². The first-order chi connectivity index (χ1) is 8.73. The van der Waals surface area contributed by atoms with E-state index in [2.05, 4.69) is 46.8 Å². The summed E-state index contributed by atoms with van der Waals surface area (Å²) in [4.78, 5) is 0. The van der Waals surface area contributed by atoms with Crippen molar-refractivity contribution in [1.82, 2.24) is 0 Å². The van der Waals surface area contributed by atoms with Crippen molar-refractivity contribution in [2.75, 3.05) is 0 Å². The van der Waals surface area contributed by atoms with E-state index in [1.807, 2.05) is 0 Å². The van der Waals surface area contributed by atoms with Gasteiger partial charge in [-0.15, -0.1) is 0 Å². The second-order valence-corrected chi connectivity index (χ2v) is 7.39. The first-order valence-corrected chi connectivity index (χ1v) is 7.74. The van der Waals surface area contributed by atoms with Crippen LogP contribution in [0, 0.1) is 23.2 Å². The van der Waals surface area contributed by atoms with Crippen molar-refractivity contribution in [3.63, 3.8) is 0 Å². The number of allylic oxidation sites excluding steroid dienone is 1. The predicted octanol–water partition coefficient (Wildman–Crippen LogP) is 4.38. The zero-order valence-corrected chi connectivity index (χ0v) is 13.5. The topological polar surface area (TPSA) is 29.5 Å². The molecule has 5 unspecified atom stereocenters. The lowest BCUT2D eigenvalue weighted by Gasteiger charge is -2.36. The fraction of sp³-hybridized carbons (Fsp3) is 0.882. The van der Waals surface area contributed by atoms with E-state index in [1.165, 1.54) is 19.3 Å². The van der Waals surface area contributed by atoms with Crippen LogP contribution in [0.3, 0.4) is 0 Å². The average molecular weight is 268 g/mol. The Bertz CT molecular complexity index is 288. The molecule has 0 aromatic heterocycles. The Morgan fingerprint density at radius 1 is 1.32 bits per heavy atom. The summed E-state index contributed by atoms with van der Waals surface area (Å²) in [5.74, 6) is 1.90. The molecule has 0 fully saturated rings. The van der Waals surface area contributed by atoms with Gasteiger partial charge in [-0.3, -0.25) is 0 Å². The highest BCUT2D eigenvalue weighted by atomic mass is 16.6. The summed E-state index contributed by atoms with van der Waals surface area (Å²) in [6.07, 6.45) is 7.56. The van der Waals surface area contributed by atoms with Crippen molar-refractivity contribution >= 4 is 0 Å². The molecule has 0 heterocycles. The molecule has 0 spiro atoms. The number of hydrogen-bond acceptors (Lipinski definition) is 2. The van der Waals surface area contributed by atoms with Crippen molar-refractivity contribution in [2.45, 2.75) is 73.2 Å². The van der Waals surface area contributed by atoms with E-state index in [1.54, 1.807) is 6.92 Å². The molecule has 0 amide bonds. The summed E-state index contributed by atoms with van der Waals surface area (Å²) in [5.41, 5.74) is 0.394. The molecular formula is C17H32O2. The Balaban J connectivity index is 2.65. The Morgan fingerprint density at radius 2 is 1.95 bits per heavy atom. The third-order valence-corrected chi connectivity index (χ3v) is 4.11. The van der Waals surface area contributed by atoms with Gasteiger partial charge < -0.3 is 9.84 Å². The lowest BCUT2D eigenvalue weighted by atomic mass is 9.72. The molecule has 1 aliphatic rings. The lowest BCUT2D eigenvalue weighted by molar-refractivity contribution is -0.126. The van der Waals surface area contributed by atoms with Crippen molar-refractivity contribution in [3.8, 4) is 0 Å². The number of ether oxygens (including phenoxy) is 1. The van der Waals surface area contributed by atoms with Gasteiger partial charge in [-0.2, -0.15) is 0 Å². The summed E-state index contributed by atoms with van der Waals surface area (Å²) in [5, 5.41) is 9.34. The summed E-state index contributed by atoms with van der Waals surface area (Å²) in [6.45, 7) is 13.2. The van der Waals surface area contributed by atoms with Crippen LogP contribution in [-0.2, 0) is 4.74 Å². The number of aliphatic hydroxyl groups is 1. The molecule has 0 saturated carbocycles. The molecule has 2 heteroatoms. The van der Waals surface area contributed by atoms with E-state index < -0.39 is 6.29 Å². The predicted molar refractivity (Wildman–Crippen MR) is 80.8 cm³/mol. The molecule has 0 saturated heterocycles. The van der Waals surface area contributed by atoms with Gasteiger partial charge in [0.2, 0.25) is 0 Å². The van der Waals surface area contributed by atoms with Gasteiger partial charge >= 0.3 is 0 Å². The highest BCUT2D eigenvalue weighted by Gasteiger charge is 2.30. The minimum Gasteiger partial charge on any atom is -0.368 e. The van der Waals surface area contributed by atoms with Crippen LogP contribution in [0.25, 0.3) is 0 Å². The average Bonchev–Trinajstić information content (AvgIpc) is 2.27. The second kappa shape index (κ2) is 6.90. The molecule has 1 aliphatic carbocycles. The first kappa shape index (κ1) is 16.7. The monoisotopic (exact) mass is 268 g/mol. The summed E-state index contributed by atoms with van der Waals surface area (Å²) < 4.78 is 5.53. The van der Waals surface area contributed by atoms with Crippen LogP contribution in [0.5, 0.6) is 0 Å². The molecular weight excluding hydrogens is 236 g/mol. The number of aliphatic hydroxyl groups excluding tert-OH is 1. The minimum atomic E-state index is -0.676. The van der Waals surface area contributed by atoms with E-state index >= 15 is 0 Å². The highest BCUT2D eigenvalue weighted by molar-refractivity contribution is 5.04. The van der Waals surface area contributed by atoms with Crippen molar-refractivity contribution < 1.29 is 9.84 Å². The smallest absolute Gasteiger partial charge is 0.152 e. The van der Waals surface area contributed by atoms with E-state index in [-0.39, 0.29) is 6.10 Å².